The van der Waals surface area contributed by atoms with Gasteiger partial charge in [-0.2, -0.15) is 0 Å². The van der Waals surface area contributed by atoms with Crippen molar-refractivity contribution in [3.05, 3.63) is 12.2 Å². The molecule has 0 aromatic carbocycles. The van der Waals surface area contributed by atoms with Gasteiger partial charge in [-0.15, -0.1) is 0 Å². The molecule has 0 saturated carbocycles. The molecule has 0 aliphatic carbocycles. The predicted molar refractivity (Wildman–Crippen MR) is 61.2 cm³/mol. The summed E-state index contributed by atoms with van der Waals surface area (Å²) < 4.78 is 22.8. The molecule has 1 aliphatic heterocycles. The number of nitrogens with zero attached hydrogens (tertiary/aromatic N) is 1. The summed E-state index contributed by atoms with van der Waals surface area (Å²) in [7, 11) is -3.24. The van der Waals surface area contributed by atoms with Crippen LogP contribution in [-0.2, 0) is 19.4 Å². The Kier molecular flexibility index (Phi) is 4.28. The number of carbonyl (C=O) groups excluding carboxylic acids is 1. The molecule has 96 valence electrons. The molecule has 1 amide bonds. The summed E-state index contributed by atoms with van der Waals surface area (Å²) in [6, 6.07) is -0.769. The molecule has 1 rings (SSSR count). The van der Waals surface area contributed by atoms with Crippen LogP contribution in [0.5, 0.6) is 0 Å². The normalized spacial score (nSPS) is 23.8. The molecule has 1 unspecified atom stereocenters. The smallest absolute Gasteiger partial charge is 0.305 e. The molecule has 1 saturated heterocycles. The van der Waals surface area contributed by atoms with Crippen LogP contribution in [0.2, 0.25) is 0 Å². The molecule has 1 N–H and O–H groups in total. The Labute approximate surface area is 99.8 Å². The van der Waals surface area contributed by atoms with Crippen LogP contribution < -0.4 is 0 Å². The first kappa shape index (κ1) is 13.7. The highest BCUT2D eigenvalue weighted by Gasteiger charge is 2.34. The zero-order valence-electron chi connectivity index (χ0n) is 9.50. The van der Waals surface area contributed by atoms with Gasteiger partial charge in [0.15, 0.2) is 9.84 Å². The van der Waals surface area contributed by atoms with E-state index in [1.807, 2.05) is 0 Å². The number of carbonyl (C=O) groups is 2. The van der Waals surface area contributed by atoms with Gasteiger partial charge in [0.25, 0.3) is 0 Å². The van der Waals surface area contributed by atoms with E-state index >= 15 is 0 Å². The minimum Gasteiger partial charge on any atom is -0.481 e. The summed E-state index contributed by atoms with van der Waals surface area (Å²) in [5.41, 5.74) is 0. The van der Waals surface area contributed by atoms with Gasteiger partial charge >= 0.3 is 5.97 Å². The lowest BCUT2D eigenvalue weighted by Crippen LogP contribution is -2.51. The number of hydrogen-bond donors (Lipinski definition) is 1. The van der Waals surface area contributed by atoms with E-state index in [0.29, 0.717) is 0 Å². The minimum atomic E-state index is -3.24. The second-order valence-corrected chi connectivity index (χ2v) is 6.13. The number of amides is 1. The summed E-state index contributed by atoms with van der Waals surface area (Å²) in [6.07, 6.45) is 2.51. The number of hydrogen-bond acceptors (Lipinski definition) is 4. The van der Waals surface area contributed by atoms with Crippen LogP contribution in [-0.4, -0.2) is 54.4 Å². The van der Waals surface area contributed by atoms with Crippen molar-refractivity contribution in [1.29, 1.82) is 0 Å². The molecule has 1 aliphatic rings. The molecule has 1 fully saturated rings. The van der Waals surface area contributed by atoms with Crippen LogP contribution in [0.4, 0.5) is 0 Å². The Bertz CT molecular complexity index is 440. The molecular formula is C10H15NO5S. The van der Waals surface area contributed by atoms with Crippen LogP contribution in [0.1, 0.15) is 13.3 Å². The number of sulfone groups is 1. The van der Waals surface area contributed by atoms with E-state index in [-0.39, 0.29) is 30.4 Å². The quantitative estimate of drug-likeness (QED) is 0.702. The lowest BCUT2D eigenvalue weighted by molar-refractivity contribution is -0.139. The third-order valence-corrected chi connectivity index (χ3v) is 4.23. The van der Waals surface area contributed by atoms with Gasteiger partial charge in [-0.1, -0.05) is 6.08 Å². The second kappa shape index (κ2) is 5.31. The van der Waals surface area contributed by atoms with Crippen LogP contribution in [0, 0.1) is 0 Å². The molecule has 17 heavy (non-hydrogen) atoms. The topological polar surface area (TPSA) is 91.8 Å². The molecular weight excluding hydrogens is 246 g/mol. The monoisotopic (exact) mass is 261 g/mol. The third kappa shape index (κ3) is 3.85. The maximum Gasteiger partial charge on any atom is 0.305 e. The first-order valence-electron chi connectivity index (χ1n) is 5.21. The van der Waals surface area contributed by atoms with Gasteiger partial charge in [0.2, 0.25) is 5.91 Å². The van der Waals surface area contributed by atoms with Gasteiger partial charge in [-0.25, -0.2) is 8.42 Å². The van der Waals surface area contributed by atoms with E-state index in [0.717, 1.165) is 0 Å². The summed E-state index contributed by atoms with van der Waals surface area (Å²) in [5.74, 6) is -1.83. The molecule has 0 aromatic heterocycles. The van der Waals surface area contributed by atoms with Crippen molar-refractivity contribution in [1.82, 2.24) is 4.90 Å². The number of carboxylic acid groups (broad SMARTS) is 1. The Hall–Kier alpha value is -1.37. The van der Waals surface area contributed by atoms with Crippen LogP contribution >= 0.6 is 0 Å². The van der Waals surface area contributed by atoms with Crippen molar-refractivity contribution in [2.75, 3.05) is 18.1 Å². The zero-order valence-corrected chi connectivity index (χ0v) is 10.3. The largest absolute Gasteiger partial charge is 0.481 e. The molecule has 0 aromatic rings. The van der Waals surface area contributed by atoms with Gasteiger partial charge in [-0.05, 0) is 13.0 Å². The Balaban J connectivity index is 2.87. The van der Waals surface area contributed by atoms with Gasteiger partial charge in [0.05, 0.1) is 24.0 Å². The lowest BCUT2D eigenvalue weighted by atomic mass is 10.2. The summed E-state index contributed by atoms with van der Waals surface area (Å²) in [5, 5.41) is 8.71. The van der Waals surface area contributed by atoms with Crippen molar-refractivity contribution in [2.45, 2.75) is 19.4 Å². The van der Waals surface area contributed by atoms with Crippen molar-refractivity contribution in [3.63, 3.8) is 0 Å². The lowest BCUT2D eigenvalue weighted by Gasteiger charge is -2.33. The van der Waals surface area contributed by atoms with E-state index in [1.54, 1.807) is 13.0 Å². The number of allylic oxidation sites excluding steroid dienone is 1. The minimum absolute atomic E-state index is 0.0590. The highest BCUT2D eigenvalue weighted by molar-refractivity contribution is 7.91. The average molecular weight is 261 g/mol. The van der Waals surface area contributed by atoms with Crippen molar-refractivity contribution < 1.29 is 23.1 Å². The van der Waals surface area contributed by atoms with Crippen LogP contribution in [0.25, 0.3) is 0 Å². The van der Waals surface area contributed by atoms with E-state index in [2.05, 4.69) is 0 Å². The maximum atomic E-state index is 11.7. The predicted octanol–water partition coefficient (Wildman–Crippen LogP) is -0.337. The molecule has 0 spiro atoms. The van der Waals surface area contributed by atoms with Gasteiger partial charge in [-0.3, -0.25) is 9.59 Å². The highest BCUT2D eigenvalue weighted by Crippen LogP contribution is 2.15. The fourth-order valence-electron chi connectivity index (χ4n) is 1.79. The standard InChI is InChI=1S/C10H15NO5S/c1-2-3-9(12)11-4-5-17(15,16)7-8(11)6-10(13)14/h2-3,8H,4-7H2,1H3,(H,13,14)/b3-2+. The molecule has 6 nitrogen and oxygen atoms in total. The fourth-order valence-corrected chi connectivity index (χ4v) is 3.31. The molecule has 1 heterocycles. The highest BCUT2D eigenvalue weighted by atomic mass is 32.2. The first-order valence-corrected chi connectivity index (χ1v) is 7.03. The van der Waals surface area contributed by atoms with Crippen molar-refractivity contribution >= 4 is 21.7 Å². The Morgan fingerprint density at radius 3 is 2.65 bits per heavy atom. The van der Waals surface area contributed by atoms with Crippen molar-refractivity contribution in [3.8, 4) is 0 Å². The molecule has 7 heteroatoms. The second-order valence-electron chi connectivity index (χ2n) is 3.90. The summed E-state index contributed by atoms with van der Waals surface area (Å²) >= 11 is 0. The fraction of sp³-hybridized carbons (Fsp3) is 0.600. The molecule has 0 radical (unpaired) electrons. The summed E-state index contributed by atoms with van der Waals surface area (Å²) in [4.78, 5) is 23.6. The first-order chi connectivity index (χ1) is 7.85. The Morgan fingerprint density at radius 2 is 2.12 bits per heavy atom. The zero-order chi connectivity index (χ0) is 13.1. The van der Waals surface area contributed by atoms with Crippen molar-refractivity contribution in [2.24, 2.45) is 0 Å². The molecule has 1 atom stereocenters. The maximum absolute atomic E-state index is 11.7. The third-order valence-electron chi connectivity index (χ3n) is 2.53. The van der Waals surface area contributed by atoms with Crippen LogP contribution in [0.3, 0.4) is 0 Å². The van der Waals surface area contributed by atoms with E-state index in [4.69, 9.17) is 5.11 Å². The van der Waals surface area contributed by atoms with E-state index < -0.39 is 21.8 Å². The molecule has 0 bridgehead atoms. The van der Waals surface area contributed by atoms with Gasteiger partial charge in [0, 0.05) is 6.54 Å². The van der Waals surface area contributed by atoms with E-state index in [9.17, 15) is 18.0 Å². The van der Waals surface area contributed by atoms with Crippen LogP contribution in [0.15, 0.2) is 12.2 Å². The Morgan fingerprint density at radius 1 is 1.47 bits per heavy atom. The number of aliphatic carboxylic acids is 1. The summed E-state index contributed by atoms with van der Waals surface area (Å²) in [6.45, 7) is 1.73. The van der Waals surface area contributed by atoms with Gasteiger partial charge < -0.3 is 10.0 Å². The van der Waals surface area contributed by atoms with E-state index in [1.165, 1.54) is 11.0 Å². The number of rotatable bonds is 3. The number of carboxylic acids is 1. The average Bonchev–Trinajstić information content (AvgIpc) is 2.15. The van der Waals surface area contributed by atoms with Gasteiger partial charge in [0.1, 0.15) is 0 Å². The SMILES string of the molecule is C/C=C/C(=O)N1CCS(=O)(=O)CC1CC(=O)O.